The molecule has 0 aliphatic heterocycles. The molecule has 2 aromatic carbocycles. The maximum atomic E-state index is 12.3. The molecule has 18 heavy (non-hydrogen) atoms. The minimum atomic E-state index is -3.50. The summed E-state index contributed by atoms with van der Waals surface area (Å²) in [6.45, 7) is 5.67. The van der Waals surface area contributed by atoms with Gasteiger partial charge in [0, 0.05) is 0 Å². The van der Waals surface area contributed by atoms with Crippen molar-refractivity contribution >= 4 is 14.7 Å². The Kier molecular flexibility index (Phi) is 3.34. The highest BCUT2D eigenvalue weighted by molar-refractivity contribution is 8.00. The van der Waals surface area contributed by atoms with Gasteiger partial charge in [-0.3, -0.25) is 0 Å². The molecule has 0 bridgehead atoms. The van der Waals surface area contributed by atoms with Crippen LogP contribution >= 0.6 is 0 Å². The fraction of sp³-hybridized carbons (Fsp3) is 0.0667. The van der Waals surface area contributed by atoms with Crippen LogP contribution in [0.3, 0.4) is 0 Å². The van der Waals surface area contributed by atoms with Gasteiger partial charge in [-0.2, -0.15) is 0 Å². The molecule has 3 heteroatoms. The van der Waals surface area contributed by atoms with Crippen molar-refractivity contribution in [3.8, 4) is 0 Å². The first-order valence-electron chi connectivity index (χ1n) is 5.58. The van der Waals surface area contributed by atoms with Gasteiger partial charge in [-0.15, -0.1) is 0 Å². The summed E-state index contributed by atoms with van der Waals surface area (Å²) in [4.78, 5) is 0.407. The highest BCUT2D eigenvalue weighted by Crippen LogP contribution is 2.26. The van der Waals surface area contributed by atoms with Crippen LogP contribution in [0.5, 0.6) is 0 Å². The monoisotopic (exact) mass is 258 g/mol. The molecule has 0 fully saturated rings. The molecule has 0 N–H and O–H groups in total. The predicted molar refractivity (Wildman–Crippen MR) is 73.8 cm³/mol. The molecular weight excluding hydrogens is 244 g/mol. The number of hydrogen-bond donors (Lipinski definition) is 0. The van der Waals surface area contributed by atoms with Gasteiger partial charge in [-0.05, 0) is 24.6 Å². The average molecular weight is 258 g/mol. The minimum Gasteiger partial charge on any atom is -0.219 e. The van der Waals surface area contributed by atoms with Gasteiger partial charge in [-0.1, -0.05) is 54.6 Å². The number of benzene rings is 2. The van der Waals surface area contributed by atoms with Crippen molar-refractivity contribution in [3.63, 3.8) is 0 Å². The molecule has 0 aliphatic rings. The Morgan fingerprint density at radius 3 is 2.06 bits per heavy atom. The molecule has 2 nitrogen and oxygen atoms in total. The van der Waals surface area contributed by atoms with Crippen LogP contribution in [0.2, 0.25) is 0 Å². The molecule has 0 radical (unpaired) electrons. The summed E-state index contributed by atoms with van der Waals surface area (Å²) in [6.07, 6.45) is 0. The fourth-order valence-corrected chi connectivity index (χ4v) is 2.88. The summed E-state index contributed by atoms with van der Waals surface area (Å²) in [5.41, 5.74) is 1.72. The molecule has 2 rings (SSSR count). The Morgan fingerprint density at radius 2 is 1.50 bits per heavy atom. The first-order valence-corrected chi connectivity index (χ1v) is 7.06. The largest absolute Gasteiger partial charge is 0.219 e. The molecule has 92 valence electrons. The van der Waals surface area contributed by atoms with Gasteiger partial charge >= 0.3 is 0 Å². The lowest BCUT2D eigenvalue weighted by molar-refractivity contribution is 0.606. The van der Waals surface area contributed by atoms with E-state index >= 15 is 0 Å². The Hall–Kier alpha value is -1.87. The summed E-state index contributed by atoms with van der Waals surface area (Å²) in [6, 6.07) is 15.7. The predicted octanol–water partition coefficient (Wildman–Crippen LogP) is 3.44. The lowest BCUT2D eigenvalue weighted by Crippen LogP contribution is -2.03. The molecule has 0 amide bonds. The minimum absolute atomic E-state index is 0.133. The Bertz CT molecular complexity index is 653. The normalized spacial score (nSPS) is 11.2. The summed E-state index contributed by atoms with van der Waals surface area (Å²) < 4.78 is 24.6. The highest BCUT2D eigenvalue weighted by Gasteiger charge is 2.19. The summed E-state index contributed by atoms with van der Waals surface area (Å²) in [5.74, 6) is 0. The van der Waals surface area contributed by atoms with Gasteiger partial charge in [0.25, 0.3) is 0 Å². The van der Waals surface area contributed by atoms with E-state index in [1.165, 1.54) is 0 Å². The average Bonchev–Trinajstić information content (AvgIpc) is 2.40. The van der Waals surface area contributed by atoms with E-state index in [-0.39, 0.29) is 9.80 Å². The zero-order chi connectivity index (χ0) is 13.2. The third kappa shape index (κ3) is 2.36. The molecule has 0 aliphatic carbocycles. The van der Waals surface area contributed by atoms with E-state index < -0.39 is 9.84 Å². The Balaban J connectivity index is 2.43. The Morgan fingerprint density at radius 1 is 0.944 bits per heavy atom. The van der Waals surface area contributed by atoms with Crippen LogP contribution in [0.25, 0.3) is 4.91 Å². The van der Waals surface area contributed by atoms with Gasteiger partial charge in [0.2, 0.25) is 9.84 Å². The zero-order valence-corrected chi connectivity index (χ0v) is 10.9. The smallest absolute Gasteiger partial charge is 0.206 e. The second-order valence-corrected chi connectivity index (χ2v) is 6.08. The molecule has 2 aromatic rings. The maximum absolute atomic E-state index is 12.3. The SMILES string of the molecule is C=C(c1ccc(C)cc1)S(=O)(=O)c1ccccc1. The molecular formula is C15H14O2S. The maximum Gasteiger partial charge on any atom is 0.206 e. The van der Waals surface area contributed by atoms with Crippen LogP contribution in [-0.2, 0) is 9.84 Å². The fourth-order valence-electron chi connectivity index (χ4n) is 1.64. The van der Waals surface area contributed by atoms with Crippen molar-refractivity contribution in [2.45, 2.75) is 11.8 Å². The van der Waals surface area contributed by atoms with E-state index in [0.29, 0.717) is 5.56 Å². The third-order valence-corrected chi connectivity index (χ3v) is 4.53. The number of aryl methyl sites for hydroxylation is 1. The highest BCUT2D eigenvalue weighted by atomic mass is 32.2. The van der Waals surface area contributed by atoms with Gasteiger partial charge < -0.3 is 0 Å². The zero-order valence-electron chi connectivity index (χ0n) is 10.1. The van der Waals surface area contributed by atoms with Crippen molar-refractivity contribution < 1.29 is 8.42 Å². The lowest BCUT2D eigenvalue weighted by atomic mass is 10.1. The molecule has 0 saturated heterocycles. The van der Waals surface area contributed by atoms with Crippen molar-refractivity contribution in [1.82, 2.24) is 0 Å². The van der Waals surface area contributed by atoms with Crippen LogP contribution in [0, 0.1) is 6.92 Å². The number of rotatable bonds is 3. The molecule has 0 aromatic heterocycles. The lowest BCUT2D eigenvalue weighted by Gasteiger charge is -2.08. The molecule has 0 heterocycles. The standard InChI is InChI=1S/C15H14O2S/c1-12-8-10-14(11-9-12)13(2)18(16,17)15-6-4-3-5-7-15/h3-11H,2H2,1H3. The van der Waals surface area contributed by atoms with E-state index in [1.54, 1.807) is 42.5 Å². The first-order chi connectivity index (χ1) is 8.51. The van der Waals surface area contributed by atoms with Crippen LogP contribution in [0.15, 0.2) is 66.1 Å². The topological polar surface area (TPSA) is 34.1 Å². The Labute approximate surface area is 108 Å². The quantitative estimate of drug-likeness (QED) is 0.845. The van der Waals surface area contributed by atoms with Gasteiger partial charge in [0.1, 0.15) is 0 Å². The van der Waals surface area contributed by atoms with E-state index in [1.807, 2.05) is 19.1 Å². The van der Waals surface area contributed by atoms with Crippen molar-refractivity contribution in [2.75, 3.05) is 0 Å². The van der Waals surface area contributed by atoms with E-state index in [2.05, 4.69) is 6.58 Å². The van der Waals surface area contributed by atoms with Crippen LogP contribution in [0.4, 0.5) is 0 Å². The summed E-state index contributed by atoms with van der Waals surface area (Å²) in [7, 11) is -3.50. The molecule has 0 unspecified atom stereocenters. The van der Waals surface area contributed by atoms with Crippen molar-refractivity contribution in [1.29, 1.82) is 0 Å². The number of hydrogen-bond acceptors (Lipinski definition) is 2. The van der Waals surface area contributed by atoms with E-state index in [4.69, 9.17) is 0 Å². The van der Waals surface area contributed by atoms with Crippen molar-refractivity contribution in [2.24, 2.45) is 0 Å². The second kappa shape index (κ2) is 4.78. The molecule has 0 atom stereocenters. The van der Waals surface area contributed by atoms with E-state index in [9.17, 15) is 8.42 Å². The molecule has 0 spiro atoms. The summed E-state index contributed by atoms with van der Waals surface area (Å²) >= 11 is 0. The van der Waals surface area contributed by atoms with Crippen LogP contribution in [-0.4, -0.2) is 8.42 Å². The van der Waals surface area contributed by atoms with Gasteiger partial charge in [-0.25, -0.2) is 8.42 Å². The number of sulfone groups is 1. The van der Waals surface area contributed by atoms with Gasteiger partial charge in [0.05, 0.1) is 9.80 Å². The van der Waals surface area contributed by atoms with Gasteiger partial charge in [0.15, 0.2) is 0 Å². The summed E-state index contributed by atoms with van der Waals surface area (Å²) in [5, 5.41) is 0. The van der Waals surface area contributed by atoms with Crippen LogP contribution < -0.4 is 0 Å². The van der Waals surface area contributed by atoms with Crippen molar-refractivity contribution in [3.05, 3.63) is 72.3 Å². The molecule has 0 saturated carbocycles. The van der Waals surface area contributed by atoms with Crippen LogP contribution in [0.1, 0.15) is 11.1 Å². The second-order valence-electron chi connectivity index (χ2n) is 4.11. The first kappa shape index (κ1) is 12.6. The van der Waals surface area contributed by atoms with E-state index in [0.717, 1.165) is 5.56 Å². The third-order valence-electron chi connectivity index (χ3n) is 2.75.